The number of thiazole rings is 1. The molecular weight excluding hydrogens is 496 g/mol. The van der Waals surface area contributed by atoms with Gasteiger partial charge in [0, 0.05) is 16.2 Å². The standard InChI is InChI=1S/C26H40N4O6S/c1-14-8-7-9-20(31)19(29-30-27)11-21(15(2)10-18-13-37-17(4)28-18)36-23(33)12-22(32)26(5,6)25(35)16(3)24(14)34/h10,13-14,16,19-22,24,31-32,34H,7-9,11-12H2,1-6H3/b15-10+/t14-,16+,19-,20-,21?,22-,24-/m0/s1. The van der Waals surface area contributed by atoms with Crippen molar-refractivity contribution in [2.75, 3.05) is 0 Å². The van der Waals surface area contributed by atoms with Crippen molar-refractivity contribution in [3.63, 3.8) is 0 Å². The zero-order valence-electron chi connectivity index (χ0n) is 22.5. The number of rotatable bonds is 3. The Labute approximate surface area is 222 Å². The number of aliphatic hydroxyl groups is 3. The Morgan fingerprint density at radius 3 is 2.54 bits per heavy atom. The van der Waals surface area contributed by atoms with E-state index in [4.69, 9.17) is 10.3 Å². The second-order valence-electron chi connectivity index (χ2n) is 10.7. The van der Waals surface area contributed by atoms with E-state index in [0.29, 0.717) is 30.5 Å². The molecule has 2 heterocycles. The highest BCUT2D eigenvalue weighted by atomic mass is 32.1. The first-order chi connectivity index (χ1) is 17.3. The summed E-state index contributed by atoms with van der Waals surface area (Å²) in [4.78, 5) is 33.5. The Hall–Kier alpha value is -2.30. The number of azide groups is 1. The van der Waals surface area contributed by atoms with E-state index in [1.165, 1.54) is 11.3 Å². The molecule has 11 heteroatoms. The molecule has 1 aromatic heterocycles. The Morgan fingerprint density at radius 1 is 1.27 bits per heavy atom. The molecule has 1 aliphatic rings. The molecular formula is C26H40N4O6S. The first kappa shape index (κ1) is 30.9. The van der Waals surface area contributed by atoms with Gasteiger partial charge in [-0.15, -0.1) is 11.3 Å². The molecule has 10 nitrogen and oxygen atoms in total. The van der Waals surface area contributed by atoms with Gasteiger partial charge in [0.1, 0.15) is 11.9 Å². The van der Waals surface area contributed by atoms with E-state index >= 15 is 0 Å². The summed E-state index contributed by atoms with van der Waals surface area (Å²) in [5.41, 5.74) is 9.17. The maximum absolute atomic E-state index is 13.2. The minimum absolute atomic E-state index is 0.0377. The quantitative estimate of drug-likeness (QED) is 0.223. The molecule has 1 unspecified atom stereocenters. The molecule has 0 spiro atoms. The van der Waals surface area contributed by atoms with Crippen LogP contribution in [0.5, 0.6) is 0 Å². The first-order valence-electron chi connectivity index (χ1n) is 12.7. The highest BCUT2D eigenvalue weighted by Crippen LogP contribution is 2.33. The topological polar surface area (TPSA) is 166 Å². The van der Waals surface area contributed by atoms with Crippen LogP contribution in [0.2, 0.25) is 0 Å². The monoisotopic (exact) mass is 536 g/mol. The lowest BCUT2D eigenvalue weighted by molar-refractivity contribution is -0.154. The van der Waals surface area contributed by atoms with E-state index in [-0.39, 0.29) is 18.1 Å². The van der Waals surface area contributed by atoms with Gasteiger partial charge in [-0.1, -0.05) is 39.2 Å². The van der Waals surface area contributed by atoms with Crippen molar-refractivity contribution in [3.8, 4) is 0 Å². The zero-order chi connectivity index (χ0) is 27.9. The molecule has 1 aromatic rings. The van der Waals surface area contributed by atoms with Gasteiger partial charge >= 0.3 is 5.97 Å². The molecule has 0 amide bonds. The van der Waals surface area contributed by atoms with Crippen LogP contribution in [-0.4, -0.2) is 62.5 Å². The third kappa shape index (κ3) is 8.35. The highest BCUT2D eigenvalue weighted by Gasteiger charge is 2.42. The van der Waals surface area contributed by atoms with Crippen molar-refractivity contribution in [2.24, 2.45) is 22.4 Å². The molecule has 0 aromatic carbocycles. The number of ether oxygens (including phenoxy) is 1. The van der Waals surface area contributed by atoms with Crippen molar-refractivity contribution in [1.82, 2.24) is 4.98 Å². The fourth-order valence-electron chi connectivity index (χ4n) is 4.70. The van der Waals surface area contributed by atoms with E-state index in [9.17, 15) is 24.9 Å². The molecule has 0 bridgehead atoms. The Bertz CT molecular complexity index is 1020. The van der Waals surface area contributed by atoms with Crippen LogP contribution in [0.15, 0.2) is 16.1 Å². The van der Waals surface area contributed by atoms with Crippen LogP contribution in [-0.2, 0) is 14.3 Å². The van der Waals surface area contributed by atoms with Gasteiger partial charge in [-0.3, -0.25) is 9.59 Å². The zero-order valence-corrected chi connectivity index (χ0v) is 23.3. The summed E-state index contributed by atoms with van der Waals surface area (Å²) in [6, 6.07) is -0.863. The maximum atomic E-state index is 13.2. The predicted molar refractivity (Wildman–Crippen MR) is 142 cm³/mol. The lowest BCUT2D eigenvalue weighted by atomic mass is 9.73. The third-order valence-electron chi connectivity index (χ3n) is 7.39. The van der Waals surface area contributed by atoms with Crippen molar-refractivity contribution in [1.29, 1.82) is 0 Å². The van der Waals surface area contributed by atoms with Gasteiger partial charge in [0.2, 0.25) is 0 Å². The summed E-state index contributed by atoms with van der Waals surface area (Å²) in [7, 11) is 0. The third-order valence-corrected chi connectivity index (χ3v) is 8.18. The summed E-state index contributed by atoms with van der Waals surface area (Å²) in [6.07, 6.45) is -1.38. The average Bonchev–Trinajstić information content (AvgIpc) is 3.24. The molecule has 37 heavy (non-hydrogen) atoms. The molecule has 1 fully saturated rings. The largest absolute Gasteiger partial charge is 0.458 e. The normalized spacial score (nSPS) is 32.9. The number of Topliss-reactive ketones (excluding diaryl/α,β-unsaturated/α-hetero) is 1. The molecule has 2 rings (SSSR count). The SMILES string of the molecule is C/C(=C\c1csc(C)n1)C1C[C@H](N=[N+]=[N-])[C@@H](O)CCC[C@H](C)[C@H](O)[C@@H](C)C(=O)C(C)(C)[C@@H](O)CC(=O)O1. The molecule has 0 aliphatic carbocycles. The van der Waals surface area contributed by atoms with Gasteiger partial charge in [0.05, 0.1) is 46.9 Å². The number of hydrogen-bond donors (Lipinski definition) is 3. The Morgan fingerprint density at radius 2 is 1.95 bits per heavy atom. The number of esters is 1. The number of nitrogens with zero attached hydrogens (tertiary/aromatic N) is 4. The number of ketones is 1. The second-order valence-corrected chi connectivity index (χ2v) is 11.8. The number of cyclic esters (lactones) is 1. The second kappa shape index (κ2) is 13.5. The summed E-state index contributed by atoms with van der Waals surface area (Å²) in [6.45, 7) is 10.2. The highest BCUT2D eigenvalue weighted by molar-refractivity contribution is 7.09. The number of aryl methyl sites for hydroxylation is 1. The summed E-state index contributed by atoms with van der Waals surface area (Å²) < 4.78 is 5.73. The Balaban J connectivity index is 2.43. The van der Waals surface area contributed by atoms with E-state index in [1.807, 2.05) is 19.2 Å². The fraction of sp³-hybridized carbons (Fsp3) is 0.731. The van der Waals surface area contributed by atoms with Crippen molar-refractivity contribution >= 4 is 29.2 Å². The smallest absolute Gasteiger partial charge is 0.309 e. The van der Waals surface area contributed by atoms with Gasteiger partial charge < -0.3 is 20.1 Å². The summed E-state index contributed by atoms with van der Waals surface area (Å²) in [5.74, 6) is -2.07. The Kier molecular flexibility index (Phi) is 11.3. The minimum atomic E-state index is -1.34. The number of carbonyl (C=O) groups excluding carboxylic acids is 2. The number of aliphatic hydroxyl groups excluding tert-OH is 3. The van der Waals surface area contributed by atoms with Gasteiger partial charge in [-0.2, -0.15) is 0 Å². The van der Waals surface area contributed by atoms with Crippen molar-refractivity contribution in [2.45, 2.75) is 104 Å². The van der Waals surface area contributed by atoms with Gasteiger partial charge in [0.25, 0.3) is 0 Å². The van der Waals surface area contributed by atoms with Crippen LogP contribution in [0.4, 0.5) is 0 Å². The molecule has 1 saturated heterocycles. The molecule has 0 saturated carbocycles. The average molecular weight is 537 g/mol. The van der Waals surface area contributed by atoms with Crippen molar-refractivity contribution < 1.29 is 29.6 Å². The van der Waals surface area contributed by atoms with E-state index in [2.05, 4.69) is 15.0 Å². The van der Waals surface area contributed by atoms with Crippen LogP contribution >= 0.6 is 11.3 Å². The van der Waals surface area contributed by atoms with Crippen LogP contribution in [0.3, 0.4) is 0 Å². The lowest BCUT2D eigenvalue weighted by Gasteiger charge is -2.35. The predicted octanol–water partition coefficient (Wildman–Crippen LogP) is 4.36. The molecule has 3 N–H and O–H groups in total. The van der Waals surface area contributed by atoms with Gasteiger partial charge in [0.15, 0.2) is 0 Å². The van der Waals surface area contributed by atoms with Crippen LogP contribution in [0.25, 0.3) is 16.5 Å². The van der Waals surface area contributed by atoms with E-state index in [0.717, 1.165) is 5.01 Å². The molecule has 7 atom stereocenters. The molecule has 0 radical (unpaired) electrons. The van der Waals surface area contributed by atoms with Crippen molar-refractivity contribution in [3.05, 3.63) is 32.1 Å². The maximum Gasteiger partial charge on any atom is 0.309 e. The summed E-state index contributed by atoms with van der Waals surface area (Å²) >= 11 is 1.48. The lowest BCUT2D eigenvalue weighted by Crippen LogP contribution is -2.46. The van der Waals surface area contributed by atoms with Crippen LogP contribution in [0, 0.1) is 24.2 Å². The van der Waals surface area contributed by atoms with E-state index in [1.54, 1.807) is 33.8 Å². The van der Waals surface area contributed by atoms with E-state index < -0.39 is 54.2 Å². The fourth-order valence-corrected chi connectivity index (χ4v) is 5.27. The summed E-state index contributed by atoms with van der Waals surface area (Å²) in [5, 5.41) is 39.0. The van der Waals surface area contributed by atoms with Crippen LogP contribution in [0.1, 0.15) is 77.4 Å². The van der Waals surface area contributed by atoms with Gasteiger partial charge in [-0.25, -0.2) is 4.98 Å². The first-order valence-corrected chi connectivity index (χ1v) is 13.6. The van der Waals surface area contributed by atoms with Gasteiger partial charge in [-0.05, 0) is 56.2 Å². The van der Waals surface area contributed by atoms with Crippen LogP contribution < -0.4 is 0 Å². The molecule has 1 aliphatic heterocycles. The molecule has 206 valence electrons. The minimum Gasteiger partial charge on any atom is -0.458 e. The number of carbonyl (C=O) groups is 2. The number of aromatic nitrogens is 1. The number of hydrogen-bond acceptors (Lipinski definition) is 9.